The summed E-state index contributed by atoms with van der Waals surface area (Å²) in [5.74, 6) is 0.664. The zero-order valence-corrected chi connectivity index (χ0v) is 13.4. The first-order valence-corrected chi connectivity index (χ1v) is 8.81. The maximum atomic E-state index is 12.8. The Hall–Kier alpha value is -1.63. The van der Waals surface area contributed by atoms with Crippen LogP contribution in [-0.2, 0) is 9.84 Å². The van der Waals surface area contributed by atoms with Gasteiger partial charge in [-0.2, -0.15) is 0 Å². The number of pyridine rings is 1. The summed E-state index contributed by atoms with van der Waals surface area (Å²) < 4.78 is 23.3. The summed E-state index contributed by atoms with van der Waals surface area (Å²) in [6.07, 6.45) is 2.15. The molecule has 1 aliphatic heterocycles. The second-order valence-electron chi connectivity index (χ2n) is 5.42. The van der Waals surface area contributed by atoms with E-state index in [0.717, 1.165) is 0 Å². The molecule has 0 aliphatic carbocycles. The van der Waals surface area contributed by atoms with Crippen LogP contribution in [0.25, 0.3) is 0 Å². The fourth-order valence-electron chi connectivity index (χ4n) is 2.66. The maximum absolute atomic E-state index is 12.8. The van der Waals surface area contributed by atoms with E-state index in [2.05, 4.69) is 4.98 Å². The Morgan fingerprint density at radius 3 is 2.67 bits per heavy atom. The molecular weight excluding hydrogens is 290 g/mol. The van der Waals surface area contributed by atoms with Crippen LogP contribution in [0.3, 0.4) is 0 Å². The van der Waals surface area contributed by atoms with Crippen molar-refractivity contribution < 1.29 is 13.2 Å². The number of rotatable bonds is 4. The Morgan fingerprint density at radius 2 is 2.14 bits per heavy atom. The Balaban J connectivity index is 2.29. The lowest BCUT2D eigenvalue weighted by Gasteiger charge is -2.28. The van der Waals surface area contributed by atoms with Crippen molar-refractivity contribution in [1.29, 1.82) is 0 Å². The van der Waals surface area contributed by atoms with Crippen molar-refractivity contribution in [3.63, 3.8) is 0 Å². The zero-order chi connectivity index (χ0) is 15.6. The third-order valence-electron chi connectivity index (χ3n) is 3.69. The molecule has 7 heteroatoms. The summed E-state index contributed by atoms with van der Waals surface area (Å²) in [5, 5.41) is 0. The van der Waals surface area contributed by atoms with Crippen LogP contribution in [0.2, 0.25) is 0 Å². The largest absolute Gasteiger partial charge is 0.362 e. The number of nitrogens with zero attached hydrogens (tertiary/aromatic N) is 3. The molecule has 116 valence electrons. The zero-order valence-electron chi connectivity index (χ0n) is 12.6. The van der Waals surface area contributed by atoms with Gasteiger partial charge in [-0.25, -0.2) is 13.4 Å². The molecule has 0 aromatic carbocycles. The number of hydrogen-bond donors (Lipinski definition) is 0. The Bertz CT molecular complexity index is 628. The average molecular weight is 311 g/mol. The van der Waals surface area contributed by atoms with E-state index in [1.54, 1.807) is 28.1 Å². The first-order valence-electron chi connectivity index (χ1n) is 6.99. The normalized spacial score (nSPS) is 20.2. The van der Waals surface area contributed by atoms with E-state index in [9.17, 15) is 13.2 Å². The van der Waals surface area contributed by atoms with Crippen molar-refractivity contribution in [1.82, 2.24) is 9.88 Å². The smallest absolute Gasteiger partial charge is 0.257 e. The highest BCUT2D eigenvalue weighted by Gasteiger charge is 2.35. The molecule has 1 amide bonds. The molecule has 0 radical (unpaired) electrons. The number of anilines is 1. The number of aromatic nitrogens is 1. The number of hydrogen-bond acceptors (Lipinski definition) is 5. The van der Waals surface area contributed by atoms with Crippen molar-refractivity contribution in [3.8, 4) is 0 Å². The van der Waals surface area contributed by atoms with E-state index in [1.807, 2.05) is 21.0 Å². The van der Waals surface area contributed by atoms with Crippen LogP contribution in [-0.4, -0.2) is 62.4 Å². The lowest BCUT2D eigenvalue weighted by Crippen LogP contribution is -2.41. The lowest BCUT2D eigenvalue weighted by molar-refractivity contribution is 0.0708. The van der Waals surface area contributed by atoms with Crippen molar-refractivity contribution in [2.75, 3.05) is 37.0 Å². The van der Waals surface area contributed by atoms with Crippen LogP contribution in [0.15, 0.2) is 18.3 Å². The second kappa shape index (κ2) is 6.01. The van der Waals surface area contributed by atoms with E-state index < -0.39 is 9.84 Å². The molecule has 2 rings (SSSR count). The molecule has 1 aliphatic rings. The number of carbonyl (C=O) groups is 1. The van der Waals surface area contributed by atoms with E-state index >= 15 is 0 Å². The summed E-state index contributed by atoms with van der Waals surface area (Å²) in [7, 11) is 0.645. The first kappa shape index (κ1) is 15.8. The van der Waals surface area contributed by atoms with Crippen LogP contribution >= 0.6 is 0 Å². The monoisotopic (exact) mass is 311 g/mol. The van der Waals surface area contributed by atoms with Crippen molar-refractivity contribution >= 4 is 21.6 Å². The molecule has 2 heterocycles. The Morgan fingerprint density at radius 1 is 1.43 bits per heavy atom. The first-order chi connectivity index (χ1) is 9.85. The Labute approximate surface area is 125 Å². The summed E-state index contributed by atoms with van der Waals surface area (Å²) in [4.78, 5) is 20.4. The van der Waals surface area contributed by atoms with Gasteiger partial charge in [0.25, 0.3) is 5.91 Å². The molecule has 0 spiro atoms. The predicted octanol–water partition coefficient (Wildman–Crippen LogP) is 0.797. The van der Waals surface area contributed by atoms with Crippen LogP contribution in [0, 0.1) is 0 Å². The third kappa shape index (κ3) is 3.34. The SMILES string of the molecule is CCN(C(=O)c1cccnc1N(C)C)C1CCS(=O)(=O)C1. The fourth-order valence-corrected chi connectivity index (χ4v) is 4.39. The minimum atomic E-state index is -3.01. The molecule has 6 nitrogen and oxygen atoms in total. The van der Waals surface area contributed by atoms with Gasteiger partial charge in [0.05, 0.1) is 17.1 Å². The van der Waals surface area contributed by atoms with E-state index in [1.165, 1.54) is 0 Å². The fraction of sp³-hybridized carbons (Fsp3) is 0.571. The molecule has 0 N–H and O–H groups in total. The molecule has 1 atom stereocenters. The molecule has 1 fully saturated rings. The standard InChI is InChI=1S/C14H21N3O3S/c1-4-17(11-7-9-21(19,20)10-11)14(18)12-6-5-8-15-13(12)16(2)3/h5-6,8,11H,4,7,9-10H2,1-3H3. The quantitative estimate of drug-likeness (QED) is 0.822. The van der Waals surface area contributed by atoms with Crippen LogP contribution in [0.5, 0.6) is 0 Å². The summed E-state index contributed by atoms with van der Waals surface area (Å²) in [6.45, 7) is 2.36. The molecule has 21 heavy (non-hydrogen) atoms. The van der Waals surface area contributed by atoms with Gasteiger partial charge in [-0.1, -0.05) is 0 Å². The van der Waals surface area contributed by atoms with Gasteiger partial charge < -0.3 is 9.80 Å². The topological polar surface area (TPSA) is 70.6 Å². The predicted molar refractivity (Wildman–Crippen MR) is 82.3 cm³/mol. The van der Waals surface area contributed by atoms with Gasteiger partial charge in [-0.05, 0) is 25.5 Å². The van der Waals surface area contributed by atoms with Crippen LogP contribution < -0.4 is 4.90 Å². The highest BCUT2D eigenvalue weighted by atomic mass is 32.2. The van der Waals surface area contributed by atoms with Gasteiger partial charge in [0.2, 0.25) is 0 Å². The lowest BCUT2D eigenvalue weighted by atomic mass is 10.1. The van der Waals surface area contributed by atoms with E-state index in [4.69, 9.17) is 0 Å². The van der Waals surface area contributed by atoms with Gasteiger partial charge in [-0.15, -0.1) is 0 Å². The molecule has 1 aromatic rings. The number of amides is 1. The number of sulfone groups is 1. The number of carbonyl (C=O) groups excluding carboxylic acids is 1. The molecule has 0 saturated carbocycles. The van der Waals surface area contributed by atoms with Crippen LogP contribution in [0.4, 0.5) is 5.82 Å². The summed E-state index contributed by atoms with van der Waals surface area (Å²) in [5.41, 5.74) is 0.508. The summed E-state index contributed by atoms with van der Waals surface area (Å²) >= 11 is 0. The van der Waals surface area contributed by atoms with Gasteiger partial charge in [0.1, 0.15) is 5.82 Å². The minimum Gasteiger partial charge on any atom is -0.362 e. The van der Waals surface area contributed by atoms with Gasteiger partial charge >= 0.3 is 0 Å². The summed E-state index contributed by atoms with van der Waals surface area (Å²) in [6, 6.07) is 3.22. The molecule has 1 unspecified atom stereocenters. The highest BCUT2D eigenvalue weighted by molar-refractivity contribution is 7.91. The van der Waals surface area contributed by atoms with Crippen molar-refractivity contribution in [2.24, 2.45) is 0 Å². The van der Waals surface area contributed by atoms with Gasteiger partial charge in [0.15, 0.2) is 9.84 Å². The Kier molecular flexibility index (Phi) is 4.51. The van der Waals surface area contributed by atoms with Crippen molar-refractivity contribution in [2.45, 2.75) is 19.4 Å². The second-order valence-corrected chi connectivity index (χ2v) is 7.65. The minimum absolute atomic E-state index is 0.0597. The van der Waals surface area contributed by atoms with Crippen LogP contribution in [0.1, 0.15) is 23.7 Å². The van der Waals surface area contributed by atoms with Gasteiger partial charge in [0, 0.05) is 32.9 Å². The maximum Gasteiger partial charge on any atom is 0.257 e. The highest BCUT2D eigenvalue weighted by Crippen LogP contribution is 2.22. The molecule has 0 bridgehead atoms. The molecule has 1 saturated heterocycles. The van der Waals surface area contributed by atoms with Crippen molar-refractivity contribution in [3.05, 3.63) is 23.9 Å². The molecular formula is C14H21N3O3S. The average Bonchev–Trinajstić information content (AvgIpc) is 2.79. The van der Waals surface area contributed by atoms with E-state index in [-0.39, 0.29) is 23.5 Å². The molecule has 1 aromatic heterocycles. The van der Waals surface area contributed by atoms with Gasteiger partial charge in [-0.3, -0.25) is 4.79 Å². The third-order valence-corrected chi connectivity index (χ3v) is 5.44. The van der Waals surface area contributed by atoms with E-state index in [0.29, 0.717) is 24.3 Å².